The van der Waals surface area contributed by atoms with Crippen molar-refractivity contribution in [2.45, 2.75) is 50.9 Å². The average Bonchev–Trinajstić information content (AvgIpc) is 2.97. The summed E-state index contributed by atoms with van der Waals surface area (Å²) in [6, 6.07) is 21.8. The summed E-state index contributed by atoms with van der Waals surface area (Å²) in [5.41, 5.74) is 29.3. The number of aryl methyl sites for hydroxylation is 2. The van der Waals surface area contributed by atoms with Crippen LogP contribution in [0.2, 0.25) is 0 Å². The van der Waals surface area contributed by atoms with E-state index >= 15 is 0 Å². The van der Waals surface area contributed by atoms with Gasteiger partial charge in [0.15, 0.2) is 0 Å². The van der Waals surface area contributed by atoms with Crippen molar-refractivity contribution in [2.24, 2.45) is 22.9 Å². The summed E-state index contributed by atoms with van der Waals surface area (Å²) in [5, 5.41) is 0. The largest absolute Gasteiger partial charge is 0.326 e. The summed E-state index contributed by atoms with van der Waals surface area (Å²) >= 11 is 0. The SMILES string of the molecule is Cl.Cl.NCc1ccc(CCC(=O)C#CC(N)c2ccc(C(N)C#CC(=O)CCc3ccc(CN)cc3)cc2)cc1. The highest BCUT2D eigenvalue weighted by Crippen LogP contribution is 2.15. The Bertz CT molecular complexity index is 1240. The molecule has 0 aliphatic heterocycles. The van der Waals surface area contributed by atoms with E-state index in [2.05, 4.69) is 23.7 Å². The van der Waals surface area contributed by atoms with Gasteiger partial charge >= 0.3 is 0 Å². The minimum absolute atomic E-state index is 0. The first-order valence-electron chi connectivity index (χ1n) is 12.6. The van der Waals surface area contributed by atoms with Crippen molar-refractivity contribution < 1.29 is 9.59 Å². The monoisotopic (exact) mass is 578 g/mol. The predicted octanol–water partition coefficient (Wildman–Crippen LogP) is 3.86. The molecule has 3 aromatic carbocycles. The first kappa shape index (κ1) is 34.6. The van der Waals surface area contributed by atoms with Crippen molar-refractivity contribution in [1.29, 1.82) is 0 Å². The maximum atomic E-state index is 12.2. The van der Waals surface area contributed by atoms with Gasteiger partial charge in [0.05, 0.1) is 12.1 Å². The molecule has 0 aliphatic carbocycles. The summed E-state index contributed by atoms with van der Waals surface area (Å²) in [4.78, 5) is 24.4. The van der Waals surface area contributed by atoms with Gasteiger partial charge in [0, 0.05) is 25.9 Å². The molecule has 2 unspecified atom stereocenters. The lowest BCUT2D eigenvalue weighted by molar-refractivity contribution is -0.114. The highest BCUT2D eigenvalue weighted by Gasteiger charge is 2.07. The fourth-order valence-electron chi connectivity index (χ4n) is 3.72. The Morgan fingerprint density at radius 1 is 0.550 bits per heavy atom. The predicted molar refractivity (Wildman–Crippen MR) is 166 cm³/mol. The van der Waals surface area contributed by atoms with E-state index < -0.39 is 12.1 Å². The Kier molecular flexibility index (Phi) is 15.6. The van der Waals surface area contributed by atoms with E-state index in [-0.39, 0.29) is 36.4 Å². The molecule has 8 heteroatoms. The van der Waals surface area contributed by atoms with Crippen LogP contribution in [0.1, 0.15) is 58.3 Å². The third-order valence-electron chi connectivity index (χ3n) is 6.19. The molecule has 0 aliphatic rings. The lowest BCUT2D eigenvalue weighted by Crippen LogP contribution is -2.11. The molecule has 6 nitrogen and oxygen atoms in total. The van der Waals surface area contributed by atoms with Gasteiger partial charge in [-0.25, -0.2) is 0 Å². The molecule has 0 aromatic heterocycles. The van der Waals surface area contributed by atoms with Crippen LogP contribution in [0.15, 0.2) is 72.8 Å². The first-order chi connectivity index (χ1) is 18.4. The molecule has 0 heterocycles. The molecule has 3 aromatic rings. The number of nitrogens with two attached hydrogens (primary N) is 4. The van der Waals surface area contributed by atoms with Gasteiger partial charge < -0.3 is 22.9 Å². The van der Waals surface area contributed by atoms with Crippen LogP contribution >= 0.6 is 24.8 Å². The third kappa shape index (κ3) is 11.3. The van der Waals surface area contributed by atoms with E-state index in [0.29, 0.717) is 38.8 Å². The summed E-state index contributed by atoms with van der Waals surface area (Å²) in [5.74, 6) is 10.6. The second kappa shape index (κ2) is 18.0. The maximum Gasteiger partial charge on any atom is 0.205 e. The molecule has 0 radical (unpaired) electrons. The Morgan fingerprint density at radius 2 is 0.850 bits per heavy atom. The third-order valence-corrected chi connectivity index (χ3v) is 6.19. The van der Waals surface area contributed by atoms with E-state index in [9.17, 15) is 9.59 Å². The van der Waals surface area contributed by atoms with Crippen molar-refractivity contribution in [3.05, 3.63) is 106 Å². The van der Waals surface area contributed by atoms with Gasteiger partial charge in [-0.1, -0.05) is 84.6 Å². The van der Waals surface area contributed by atoms with E-state index in [0.717, 1.165) is 33.4 Å². The molecule has 0 fully saturated rings. The normalized spacial score (nSPS) is 11.3. The zero-order valence-electron chi connectivity index (χ0n) is 22.3. The Labute approximate surface area is 249 Å². The molecule has 40 heavy (non-hydrogen) atoms. The minimum Gasteiger partial charge on any atom is -0.326 e. The van der Waals surface area contributed by atoms with Gasteiger partial charge in [-0.05, 0) is 58.1 Å². The summed E-state index contributed by atoms with van der Waals surface area (Å²) in [7, 11) is 0. The second-order valence-electron chi connectivity index (χ2n) is 9.05. The van der Waals surface area contributed by atoms with Crippen molar-refractivity contribution in [3.63, 3.8) is 0 Å². The smallest absolute Gasteiger partial charge is 0.205 e. The van der Waals surface area contributed by atoms with Crippen molar-refractivity contribution in [1.82, 2.24) is 0 Å². The van der Waals surface area contributed by atoms with Crippen LogP contribution in [0, 0.1) is 23.7 Å². The molecule has 0 amide bonds. The molecule has 0 saturated heterocycles. The number of carbonyl (C=O) groups is 2. The quantitative estimate of drug-likeness (QED) is 0.213. The number of hydrogen-bond acceptors (Lipinski definition) is 6. The van der Waals surface area contributed by atoms with Gasteiger partial charge in [0.25, 0.3) is 0 Å². The highest BCUT2D eigenvalue weighted by molar-refractivity contribution is 5.96. The van der Waals surface area contributed by atoms with Gasteiger partial charge in [-0.15, -0.1) is 24.8 Å². The van der Waals surface area contributed by atoms with Gasteiger partial charge in [-0.2, -0.15) is 0 Å². The molecule has 3 rings (SSSR count). The molecule has 0 saturated carbocycles. The van der Waals surface area contributed by atoms with Gasteiger partial charge in [-0.3, -0.25) is 9.59 Å². The van der Waals surface area contributed by atoms with Crippen molar-refractivity contribution in [2.75, 3.05) is 0 Å². The lowest BCUT2D eigenvalue weighted by Gasteiger charge is -2.08. The lowest BCUT2D eigenvalue weighted by atomic mass is 10.0. The van der Waals surface area contributed by atoms with Crippen molar-refractivity contribution in [3.8, 4) is 23.7 Å². The number of benzene rings is 3. The summed E-state index contributed by atoms with van der Waals surface area (Å²) in [6.45, 7) is 0.990. The number of halogens is 2. The van der Waals surface area contributed by atoms with Gasteiger partial charge in [0.1, 0.15) is 0 Å². The molecule has 8 N–H and O–H groups in total. The van der Waals surface area contributed by atoms with Crippen LogP contribution < -0.4 is 22.9 Å². The van der Waals surface area contributed by atoms with Crippen molar-refractivity contribution >= 4 is 36.4 Å². The minimum atomic E-state index is -0.598. The number of ketones is 2. The Morgan fingerprint density at radius 3 is 1.15 bits per heavy atom. The molecular weight excluding hydrogens is 543 g/mol. The van der Waals surface area contributed by atoms with Crippen LogP contribution in [0.3, 0.4) is 0 Å². The maximum absolute atomic E-state index is 12.2. The molecular formula is C32H36Cl2N4O2. The highest BCUT2D eigenvalue weighted by atomic mass is 35.5. The van der Waals surface area contributed by atoms with E-state index in [1.165, 1.54) is 0 Å². The van der Waals surface area contributed by atoms with Crippen LogP contribution in [-0.4, -0.2) is 11.6 Å². The zero-order chi connectivity index (χ0) is 27.3. The van der Waals surface area contributed by atoms with Crippen LogP contribution in [0.4, 0.5) is 0 Å². The number of hydrogen-bond donors (Lipinski definition) is 4. The Hall–Kier alpha value is -3.46. The molecule has 0 spiro atoms. The number of Topliss-reactive ketones (excluding diaryl/α,β-unsaturated/α-hetero) is 2. The first-order valence-corrected chi connectivity index (χ1v) is 12.6. The van der Waals surface area contributed by atoms with Crippen LogP contribution in [-0.2, 0) is 35.5 Å². The summed E-state index contributed by atoms with van der Waals surface area (Å²) < 4.78 is 0. The van der Waals surface area contributed by atoms with Gasteiger partial charge in [0.2, 0.25) is 11.6 Å². The number of carbonyl (C=O) groups excluding carboxylic acids is 2. The summed E-state index contributed by atoms with van der Waals surface area (Å²) in [6.07, 6.45) is 1.89. The zero-order valence-corrected chi connectivity index (χ0v) is 23.9. The van der Waals surface area contributed by atoms with Crippen LogP contribution in [0.25, 0.3) is 0 Å². The fourth-order valence-corrected chi connectivity index (χ4v) is 3.72. The van der Waals surface area contributed by atoms with E-state index in [4.69, 9.17) is 22.9 Å². The average molecular weight is 580 g/mol. The van der Waals surface area contributed by atoms with E-state index in [1.54, 1.807) is 0 Å². The second-order valence-corrected chi connectivity index (χ2v) is 9.05. The van der Waals surface area contributed by atoms with E-state index in [1.807, 2.05) is 72.8 Å². The standard InChI is InChI=1S/C32H34N4O2.2ClH/c33-21-25-5-1-23(2-6-25)9-15-29(37)17-19-31(35)27-11-13-28(14-12-27)32(36)20-18-30(38)16-10-24-3-7-26(22-34)8-4-24;;/h1-8,11-14,31-32H,9-10,15-16,21-22,33-36H2;2*1H. The molecule has 2 atom stereocenters. The Balaban J connectivity index is 0.00000400. The molecule has 0 bridgehead atoms. The fraction of sp³-hybridized carbons (Fsp3) is 0.250. The van der Waals surface area contributed by atoms with Crippen LogP contribution in [0.5, 0.6) is 0 Å². The topological polar surface area (TPSA) is 138 Å². The molecule has 210 valence electrons. The number of rotatable bonds is 10.